The van der Waals surface area contributed by atoms with Gasteiger partial charge in [0.1, 0.15) is 24.0 Å². The van der Waals surface area contributed by atoms with Crippen LogP contribution in [0.25, 0.3) is 27.6 Å². The van der Waals surface area contributed by atoms with Crippen LogP contribution in [0.3, 0.4) is 0 Å². The second kappa shape index (κ2) is 13.5. The Balaban J connectivity index is 1.05. The topological polar surface area (TPSA) is 33.5 Å². The molecule has 0 bridgehead atoms. The van der Waals surface area contributed by atoms with Gasteiger partial charge >= 0.3 is 0 Å². The third-order valence-corrected chi connectivity index (χ3v) is 11.7. The summed E-state index contributed by atoms with van der Waals surface area (Å²) in [5.41, 5.74) is 13.1. The van der Waals surface area contributed by atoms with E-state index in [0.29, 0.717) is 6.67 Å². The Morgan fingerprint density at radius 3 is 1.89 bits per heavy atom. The average Bonchev–Trinajstić information content (AvgIpc) is 3.73. The third kappa shape index (κ3) is 6.18. The number of aryl methyl sites for hydroxylation is 2. The van der Waals surface area contributed by atoms with E-state index in [1.807, 2.05) is 12.3 Å². The molecule has 0 radical (unpaired) electrons. The van der Waals surface area contributed by atoms with Crippen molar-refractivity contribution in [1.29, 1.82) is 0 Å². The molecule has 0 saturated carbocycles. The molecule has 6 aromatic carbocycles. The minimum absolute atomic E-state index is 0.00447. The number of pyridine rings is 1. The molecule has 1 aliphatic heterocycles. The molecule has 3 heterocycles. The van der Waals surface area contributed by atoms with Gasteiger partial charge in [0.15, 0.2) is 0 Å². The lowest BCUT2D eigenvalue weighted by Gasteiger charge is -2.27. The van der Waals surface area contributed by atoms with Gasteiger partial charge in [0, 0.05) is 45.9 Å². The predicted molar refractivity (Wildman–Crippen MR) is 234 cm³/mol. The summed E-state index contributed by atoms with van der Waals surface area (Å²) in [4.78, 5) is 9.68. The van der Waals surface area contributed by atoms with Gasteiger partial charge in [-0.3, -0.25) is 4.57 Å². The van der Waals surface area contributed by atoms with Crippen molar-refractivity contribution in [3.63, 3.8) is 0 Å². The molecule has 5 heteroatoms. The van der Waals surface area contributed by atoms with Gasteiger partial charge in [0.25, 0.3) is 0 Å². The summed E-state index contributed by atoms with van der Waals surface area (Å²) in [5.74, 6) is 2.47. The van der Waals surface area contributed by atoms with Crippen molar-refractivity contribution >= 4 is 44.6 Å². The van der Waals surface area contributed by atoms with E-state index < -0.39 is 0 Å². The molecule has 0 saturated heterocycles. The lowest BCUT2D eigenvalue weighted by Crippen LogP contribution is -2.24. The van der Waals surface area contributed by atoms with Gasteiger partial charge in [-0.05, 0) is 114 Å². The average molecular weight is 733 g/mol. The minimum atomic E-state index is -0.0990. The van der Waals surface area contributed by atoms with Crippen LogP contribution in [0.5, 0.6) is 11.5 Å². The Labute approximate surface area is 330 Å². The van der Waals surface area contributed by atoms with Crippen LogP contribution < -0.4 is 14.5 Å². The highest BCUT2D eigenvalue weighted by Crippen LogP contribution is 2.47. The first kappa shape index (κ1) is 35.4. The summed E-state index contributed by atoms with van der Waals surface area (Å²) in [7, 11) is 0. The first-order chi connectivity index (χ1) is 27.0. The lowest BCUT2D eigenvalue weighted by atomic mass is 9.78. The van der Waals surface area contributed by atoms with Crippen LogP contribution in [-0.4, -0.2) is 16.2 Å². The molecule has 1 aliphatic rings. The fraction of sp³-hybridized carbons (Fsp3) is 0.196. The van der Waals surface area contributed by atoms with Crippen LogP contribution in [0.2, 0.25) is 0 Å². The molecular formula is C51H48N4O. The van der Waals surface area contributed by atoms with Gasteiger partial charge < -0.3 is 14.5 Å². The Bertz CT molecular complexity index is 2740. The van der Waals surface area contributed by atoms with Gasteiger partial charge in [-0.15, -0.1) is 0 Å². The number of para-hydroxylation sites is 1. The van der Waals surface area contributed by atoms with E-state index in [1.54, 1.807) is 0 Å². The smallest absolute Gasteiger partial charge is 0.137 e. The van der Waals surface area contributed by atoms with Crippen molar-refractivity contribution < 1.29 is 4.74 Å². The number of hydrogen-bond donors (Lipinski definition) is 0. The fourth-order valence-corrected chi connectivity index (χ4v) is 8.15. The zero-order chi connectivity index (χ0) is 38.8. The highest BCUT2D eigenvalue weighted by molar-refractivity contribution is 6.09. The molecule has 0 atom stereocenters. The largest absolute Gasteiger partial charge is 0.457 e. The molecule has 0 fully saturated rings. The Kier molecular flexibility index (Phi) is 8.50. The molecule has 0 unspecified atom stereocenters. The molecule has 0 amide bonds. The predicted octanol–water partition coefficient (Wildman–Crippen LogP) is 13.5. The van der Waals surface area contributed by atoms with Gasteiger partial charge in [-0.25, -0.2) is 4.98 Å². The number of ether oxygens (including phenoxy) is 1. The number of fused-ring (bicyclic) bond motifs is 4. The standard InChI is InChI=1S/C51H48N4O/c1-34-28-47-48(29-35(34)2)54(33-53(47)39-22-20-37(21-23-39)51(6,7)36-14-9-8-10-15-36)40-16-13-17-41(31-40)56-42-24-25-44-43-18-11-12-19-45(43)55(46(44)32-42)49-30-38(26-27-52-49)50(3,4)5/h8-32H,33H2,1-7H3. The molecule has 5 nitrogen and oxygen atoms in total. The second-order valence-electron chi connectivity index (χ2n) is 16.7. The molecule has 56 heavy (non-hydrogen) atoms. The van der Waals surface area contributed by atoms with E-state index in [9.17, 15) is 0 Å². The summed E-state index contributed by atoms with van der Waals surface area (Å²) in [6, 6.07) is 52.2. The van der Waals surface area contributed by atoms with E-state index in [-0.39, 0.29) is 10.8 Å². The molecule has 2 aromatic heterocycles. The van der Waals surface area contributed by atoms with Crippen molar-refractivity contribution in [2.45, 2.75) is 59.3 Å². The first-order valence-electron chi connectivity index (χ1n) is 19.6. The quantitative estimate of drug-likeness (QED) is 0.163. The third-order valence-electron chi connectivity index (χ3n) is 11.7. The fourth-order valence-electron chi connectivity index (χ4n) is 8.15. The molecule has 9 rings (SSSR count). The monoisotopic (exact) mass is 732 g/mol. The van der Waals surface area contributed by atoms with Gasteiger partial charge in [0.2, 0.25) is 0 Å². The molecule has 0 N–H and O–H groups in total. The number of rotatable bonds is 7. The van der Waals surface area contributed by atoms with Crippen LogP contribution in [0, 0.1) is 13.8 Å². The minimum Gasteiger partial charge on any atom is -0.457 e. The summed E-state index contributed by atoms with van der Waals surface area (Å²) in [6.45, 7) is 16.4. The summed E-state index contributed by atoms with van der Waals surface area (Å²) < 4.78 is 8.96. The van der Waals surface area contributed by atoms with E-state index >= 15 is 0 Å². The molecular weight excluding hydrogens is 685 g/mol. The summed E-state index contributed by atoms with van der Waals surface area (Å²) in [5, 5.41) is 2.36. The van der Waals surface area contributed by atoms with Crippen LogP contribution in [-0.2, 0) is 10.8 Å². The highest BCUT2D eigenvalue weighted by atomic mass is 16.5. The van der Waals surface area contributed by atoms with Crippen molar-refractivity contribution in [3.05, 3.63) is 180 Å². The van der Waals surface area contributed by atoms with Gasteiger partial charge in [0.05, 0.1) is 22.4 Å². The summed E-state index contributed by atoms with van der Waals surface area (Å²) >= 11 is 0. The van der Waals surface area contributed by atoms with Crippen LogP contribution >= 0.6 is 0 Å². The number of aromatic nitrogens is 2. The maximum absolute atomic E-state index is 6.70. The maximum Gasteiger partial charge on any atom is 0.137 e. The number of benzene rings is 6. The Morgan fingerprint density at radius 1 is 0.518 bits per heavy atom. The van der Waals surface area contributed by atoms with E-state index in [2.05, 4.69) is 202 Å². The van der Waals surface area contributed by atoms with Crippen molar-refractivity contribution in [2.75, 3.05) is 16.5 Å². The molecule has 278 valence electrons. The zero-order valence-corrected chi connectivity index (χ0v) is 33.3. The maximum atomic E-state index is 6.70. The van der Waals surface area contributed by atoms with Crippen LogP contribution in [0.15, 0.2) is 152 Å². The van der Waals surface area contributed by atoms with Crippen LogP contribution in [0.1, 0.15) is 62.4 Å². The highest BCUT2D eigenvalue weighted by Gasteiger charge is 2.30. The van der Waals surface area contributed by atoms with Crippen LogP contribution in [0.4, 0.5) is 22.7 Å². The van der Waals surface area contributed by atoms with Gasteiger partial charge in [-0.2, -0.15) is 0 Å². The SMILES string of the molecule is Cc1cc2c(cc1C)N(c1cccc(Oc3ccc4c5ccccc5n(-c5cc(C(C)(C)C)ccn5)c4c3)c1)CN2c1ccc(C(C)(C)c2ccccc2)cc1. The molecule has 0 aliphatic carbocycles. The zero-order valence-electron chi connectivity index (χ0n) is 33.3. The summed E-state index contributed by atoms with van der Waals surface area (Å²) in [6.07, 6.45) is 1.92. The number of anilines is 4. The lowest BCUT2D eigenvalue weighted by molar-refractivity contribution is 0.483. The van der Waals surface area contributed by atoms with Crippen molar-refractivity contribution in [1.82, 2.24) is 9.55 Å². The Hall–Kier alpha value is -6.33. The Morgan fingerprint density at radius 2 is 1.16 bits per heavy atom. The number of nitrogens with zero attached hydrogens (tertiary/aromatic N) is 4. The van der Waals surface area contributed by atoms with E-state index in [1.165, 1.54) is 55.7 Å². The van der Waals surface area contributed by atoms with Gasteiger partial charge in [-0.1, -0.05) is 101 Å². The normalized spacial score (nSPS) is 13.1. The molecule has 0 spiro atoms. The second-order valence-corrected chi connectivity index (χ2v) is 16.7. The van der Waals surface area contributed by atoms with E-state index in [4.69, 9.17) is 9.72 Å². The molecule has 8 aromatic rings. The van der Waals surface area contributed by atoms with E-state index in [0.717, 1.165) is 34.0 Å². The van der Waals surface area contributed by atoms with Crippen molar-refractivity contribution in [2.24, 2.45) is 0 Å². The number of hydrogen-bond acceptors (Lipinski definition) is 4. The first-order valence-corrected chi connectivity index (χ1v) is 19.6. The van der Waals surface area contributed by atoms with Crippen molar-refractivity contribution in [3.8, 4) is 17.3 Å².